The smallest absolute Gasteiger partial charge is 0.326 e. The van der Waals surface area contributed by atoms with Gasteiger partial charge in [0.1, 0.15) is 6.04 Å². The van der Waals surface area contributed by atoms with E-state index in [0.29, 0.717) is 30.3 Å². The first-order valence-electron chi connectivity index (χ1n) is 8.63. The number of aliphatic carboxylic acids is 1. The topological polar surface area (TPSA) is 95.9 Å². The van der Waals surface area contributed by atoms with E-state index in [9.17, 15) is 19.5 Å². The number of carboxylic acids is 1. The van der Waals surface area contributed by atoms with Crippen LogP contribution in [0.5, 0.6) is 0 Å². The number of nitrogens with one attached hydrogen (secondary N) is 1. The van der Waals surface area contributed by atoms with Crippen molar-refractivity contribution in [3.05, 3.63) is 29.3 Å². The van der Waals surface area contributed by atoms with Crippen molar-refractivity contribution < 1.29 is 24.2 Å². The minimum absolute atomic E-state index is 0.0323. The monoisotopic (exact) mass is 380 g/mol. The number of halogens is 1. The van der Waals surface area contributed by atoms with Crippen molar-refractivity contribution in [1.29, 1.82) is 0 Å². The Morgan fingerprint density at radius 3 is 2.77 bits per heavy atom. The van der Waals surface area contributed by atoms with E-state index in [4.69, 9.17) is 16.3 Å². The van der Waals surface area contributed by atoms with Crippen molar-refractivity contribution in [2.75, 3.05) is 24.7 Å². The van der Waals surface area contributed by atoms with E-state index in [0.717, 1.165) is 6.42 Å². The van der Waals surface area contributed by atoms with Gasteiger partial charge < -0.3 is 20.1 Å². The van der Waals surface area contributed by atoms with Gasteiger partial charge in [0.25, 0.3) is 0 Å². The molecule has 1 aromatic carbocycles. The third kappa shape index (κ3) is 3.99. The van der Waals surface area contributed by atoms with E-state index >= 15 is 0 Å². The molecule has 0 aliphatic carbocycles. The number of ether oxygens (including phenoxy) is 1. The Balaban J connectivity index is 1.67. The lowest BCUT2D eigenvalue weighted by atomic mass is 9.93. The maximum Gasteiger partial charge on any atom is 0.326 e. The first kappa shape index (κ1) is 18.7. The van der Waals surface area contributed by atoms with Crippen molar-refractivity contribution in [1.82, 2.24) is 5.32 Å². The number of hydrogen-bond donors (Lipinski definition) is 2. The molecule has 2 saturated heterocycles. The summed E-state index contributed by atoms with van der Waals surface area (Å²) >= 11 is 6.14. The van der Waals surface area contributed by atoms with Crippen LogP contribution in [-0.2, 0) is 19.1 Å². The van der Waals surface area contributed by atoms with Gasteiger partial charge >= 0.3 is 5.97 Å². The van der Waals surface area contributed by atoms with Crippen molar-refractivity contribution in [2.45, 2.75) is 25.3 Å². The summed E-state index contributed by atoms with van der Waals surface area (Å²) in [5.41, 5.74) is 0.560. The Morgan fingerprint density at radius 2 is 2.12 bits per heavy atom. The molecule has 140 valence electrons. The number of para-hydroxylation sites is 1. The van der Waals surface area contributed by atoms with Gasteiger partial charge in [-0.15, -0.1) is 0 Å². The number of amides is 2. The van der Waals surface area contributed by atoms with Crippen LogP contribution in [0.2, 0.25) is 5.02 Å². The number of nitrogens with zero attached hydrogens (tertiary/aromatic N) is 1. The molecular weight excluding hydrogens is 360 g/mol. The lowest BCUT2D eigenvalue weighted by Crippen LogP contribution is -2.50. The molecule has 2 fully saturated rings. The molecule has 3 rings (SSSR count). The molecule has 2 N–H and O–H groups in total. The third-order valence-electron chi connectivity index (χ3n) is 4.87. The van der Waals surface area contributed by atoms with Crippen LogP contribution in [0.1, 0.15) is 19.3 Å². The highest BCUT2D eigenvalue weighted by atomic mass is 35.5. The first-order chi connectivity index (χ1) is 12.5. The van der Waals surface area contributed by atoms with Crippen molar-refractivity contribution >= 4 is 35.1 Å². The van der Waals surface area contributed by atoms with Crippen LogP contribution < -0.4 is 10.2 Å². The molecule has 7 nitrogen and oxygen atoms in total. The van der Waals surface area contributed by atoms with E-state index in [1.54, 1.807) is 24.3 Å². The maximum absolute atomic E-state index is 12.6. The molecular formula is C18H21ClN2O5. The van der Waals surface area contributed by atoms with Gasteiger partial charge in [0.2, 0.25) is 11.8 Å². The Hall–Kier alpha value is -2.12. The molecule has 1 aromatic rings. The maximum atomic E-state index is 12.6. The predicted octanol–water partition coefficient (Wildman–Crippen LogP) is 1.69. The van der Waals surface area contributed by atoms with Crippen LogP contribution >= 0.6 is 11.6 Å². The van der Waals surface area contributed by atoms with Crippen LogP contribution in [0.25, 0.3) is 0 Å². The summed E-state index contributed by atoms with van der Waals surface area (Å²) in [5.74, 6) is -2.58. The lowest BCUT2D eigenvalue weighted by molar-refractivity contribution is -0.145. The zero-order valence-electron chi connectivity index (χ0n) is 14.2. The summed E-state index contributed by atoms with van der Waals surface area (Å²) in [5, 5.41) is 12.5. The largest absolute Gasteiger partial charge is 0.480 e. The molecule has 2 aliphatic rings. The van der Waals surface area contributed by atoms with E-state index in [1.165, 1.54) is 4.90 Å². The number of carboxylic acid groups (broad SMARTS) is 1. The average Bonchev–Trinajstić information content (AvgIpc) is 3.02. The van der Waals surface area contributed by atoms with Crippen molar-refractivity contribution in [2.24, 2.45) is 11.8 Å². The van der Waals surface area contributed by atoms with Crippen LogP contribution in [0.15, 0.2) is 24.3 Å². The second kappa shape index (κ2) is 8.05. The van der Waals surface area contributed by atoms with E-state index in [1.807, 2.05) is 0 Å². The summed E-state index contributed by atoms with van der Waals surface area (Å²) in [7, 11) is 0. The van der Waals surface area contributed by atoms with Crippen LogP contribution in [0.3, 0.4) is 0 Å². The molecule has 26 heavy (non-hydrogen) atoms. The summed E-state index contributed by atoms with van der Waals surface area (Å²) in [4.78, 5) is 38.0. The second-order valence-corrected chi connectivity index (χ2v) is 7.07. The highest BCUT2D eigenvalue weighted by molar-refractivity contribution is 6.33. The lowest BCUT2D eigenvalue weighted by Gasteiger charge is -2.28. The highest BCUT2D eigenvalue weighted by Gasteiger charge is 2.39. The molecule has 2 aliphatic heterocycles. The fourth-order valence-electron chi connectivity index (χ4n) is 3.47. The predicted molar refractivity (Wildman–Crippen MR) is 95.0 cm³/mol. The molecule has 8 heteroatoms. The highest BCUT2D eigenvalue weighted by Crippen LogP contribution is 2.31. The fourth-order valence-corrected chi connectivity index (χ4v) is 3.71. The Morgan fingerprint density at radius 1 is 1.35 bits per heavy atom. The minimum atomic E-state index is -1.08. The van der Waals surface area contributed by atoms with Gasteiger partial charge in [-0.2, -0.15) is 0 Å². The first-order valence-corrected chi connectivity index (χ1v) is 9.01. The summed E-state index contributed by atoms with van der Waals surface area (Å²) in [6.45, 7) is 1.11. The third-order valence-corrected chi connectivity index (χ3v) is 5.19. The van der Waals surface area contributed by atoms with Crippen LogP contribution in [-0.4, -0.2) is 48.7 Å². The SMILES string of the molecule is O=C(NC(C(=O)O)C1CCCOC1)C1CC(=O)N(c2ccccc2Cl)C1. The van der Waals surface area contributed by atoms with Gasteiger partial charge in [-0.3, -0.25) is 9.59 Å². The zero-order chi connectivity index (χ0) is 18.7. The number of benzene rings is 1. The zero-order valence-corrected chi connectivity index (χ0v) is 14.9. The molecule has 3 atom stereocenters. The normalized spacial score (nSPS) is 24.3. The van der Waals surface area contributed by atoms with Crippen molar-refractivity contribution in [3.8, 4) is 0 Å². The summed E-state index contributed by atoms with van der Waals surface area (Å²) in [6, 6.07) is 5.93. The summed E-state index contributed by atoms with van der Waals surface area (Å²) in [6.07, 6.45) is 1.49. The standard InChI is InChI=1S/C18H21ClN2O5/c19-13-5-1-2-6-14(13)21-9-12(8-15(21)22)17(23)20-16(18(24)25)11-4-3-7-26-10-11/h1-2,5-6,11-12,16H,3-4,7-10H2,(H,20,23)(H,24,25). The molecule has 0 aromatic heterocycles. The second-order valence-electron chi connectivity index (χ2n) is 6.66. The van der Waals surface area contributed by atoms with Crippen LogP contribution in [0.4, 0.5) is 5.69 Å². The van der Waals surface area contributed by atoms with E-state index in [-0.39, 0.29) is 24.8 Å². The number of carbonyl (C=O) groups is 3. The molecule has 0 saturated carbocycles. The van der Waals surface area contributed by atoms with Crippen LogP contribution in [0, 0.1) is 11.8 Å². The average molecular weight is 381 g/mol. The Labute approximate surface area is 156 Å². The van der Waals surface area contributed by atoms with Gasteiger partial charge in [-0.1, -0.05) is 23.7 Å². The minimum Gasteiger partial charge on any atom is -0.480 e. The molecule has 0 spiro atoms. The fraction of sp³-hybridized carbons (Fsp3) is 0.500. The molecule has 2 heterocycles. The van der Waals surface area contributed by atoms with E-state index in [2.05, 4.69) is 5.32 Å². The molecule has 3 unspecified atom stereocenters. The van der Waals surface area contributed by atoms with Crippen molar-refractivity contribution in [3.63, 3.8) is 0 Å². The Kier molecular flexibility index (Phi) is 5.78. The number of anilines is 1. The number of rotatable bonds is 5. The van der Waals surface area contributed by atoms with Gasteiger partial charge in [0.05, 0.1) is 23.2 Å². The van der Waals surface area contributed by atoms with Gasteiger partial charge in [0.15, 0.2) is 0 Å². The molecule has 0 bridgehead atoms. The quantitative estimate of drug-likeness (QED) is 0.810. The van der Waals surface area contributed by atoms with Gasteiger partial charge in [0, 0.05) is 25.5 Å². The number of hydrogen-bond acceptors (Lipinski definition) is 4. The number of carbonyl (C=O) groups excluding carboxylic acids is 2. The Bertz CT molecular complexity index is 705. The summed E-state index contributed by atoms with van der Waals surface area (Å²) < 4.78 is 5.33. The molecule has 0 radical (unpaired) electrons. The van der Waals surface area contributed by atoms with Gasteiger partial charge in [-0.25, -0.2) is 4.79 Å². The molecule has 2 amide bonds. The van der Waals surface area contributed by atoms with E-state index < -0.39 is 23.8 Å². The van der Waals surface area contributed by atoms with Gasteiger partial charge in [-0.05, 0) is 25.0 Å².